The number of ether oxygens (including phenoxy) is 1. The van der Waals surface area contributed by atoms with E-state index in [1.165, 1.54) is 19.3 Å². The van der Waals surface area contributed by atoms with Crippen LogP contribution < -0.4 is 5.32 Å². The van der Waals surface area contributed by atoms with Crippen molar-refractivity contribution in [3.63, 3.8) is 0 Å². The van der Waals surface area contributed by atoms with E-state index in [0.29, 0.717) is 0 Å². The van der Waals surface area contributed by atoms with Crippen LogP contribution in [0.2, 0.25) is 0 Å². The second-order valence-corrected chi connectivity index (χ2v) is 7.28. The smallest absolute Gasteiger partial charge is 0.250 e. The number of amides is 1. The summed E-state index contributed by atoms with van der Waals surface area (Å²) < 4.78 is 5.77. The van der Waals surface area contributed by atoms with E-state index in [9.17, 15) is 9.90 Å². The van der Waals surface area contributed by atoms with E-state index in [0.717, 1.165) is 56.6 Å². The van der Waals surface area contributed by atoms with Crippen molar-refractivity contribution in [3.8, 4) is 0 Å². The van der Waals surface area contributed by atoms with Crippen molar-refractivity contribution in [1.82, 2.24) is 4.90 Å². The Hall–Kier alpha value is -1.43. The number of para-hydroxylation sites is 1. The molecule has 1 aliphatic carbocycles. The highest BCUT2D eigenvalue weighted by Crippen LogP contribution is 2.22. The Morgan fingerprint density at radius 2 is 1.84 bits per heavy atom. The lowest BCUT2D eigenvalue weighted by Gasteiger charge is -2.30. The molecular weight excluding hydrogens is 316 g/mol. The van der Waals surface area contributed by atoms with Gasteiger partial charge in [0.2, 0.25) is 5.91 Å². The average molecular weight is 346 g/mol. The minimum atomic E-state index is -0.164. The van der Waals surface area contributed by atoms with Gasteiger partial charge in [-0.3, -0.25) is 9.69 Å². The largest absolute Gasteiger partial charge is 0.393 e. The Labute approximate surface area is 150 Å². The molecule has 0 spiro atoms. The second kappa shape index (κ2) is 9.32. The number of likely N-dealkylation sites (tertiary alicyclic amines) is 1. The van der Waals surface area contributed by atoms with Gasteiger partial charge < -0.3 is 15.2 Å². The maximum absolute atomic E-state index is 12.3. The minimum absolute atomic E-state index is 0.0768. The fraction of sp³-hybridized carbons (Fsp3) is 0.650. The number of carbonyl (C=O) groups is 1. The number of piperidine rings is 1. The van der Waals surface area contributed by atoms with Crippen LogP contribution in [0.3, 0.4) is 0 Å². The summed E-state index contributed by atoms with van der Waals surface area (Å²) in [5.41, 5.74) is 1.98. The number of rotatable bonds is 6. The molecule has 0 radical (unpaired) electrons. The van der Waals surface area contributed by atoms with Crippen molar-refractivity contribution in [1.29, 1.82) is 0 Å². The van der Waals surface area contributed by atoms with Crippen LogP contribution in [-0.4, -0.2) is 47.8 Å². The highest BCUT2D eigenvalue weighted by atomic mass is 16.5. The summed E-state index contributed by atoms with van der Waals surface area (Å²) in [6.07, 6.45) is 7.58. The van der Waals surface area contributed by atoms with Crippen molar-refractivity contribution >= 4 is 11.6 Å². The maximum Gasteiger partial charge on any atom is 0.250 e. The Kier molecular flexibility index (Phi) is 6.84. The Morgan fingerprint density at radius 3 is 2.60 bits per heavy atom. The van der Waals surface area contributed by atoms with Crippen molar-refractivity contribution in [2.75, 3.05) is 25.0 Å². The van der Waals surface area contributed by atoms with Crippen LogP contribution in [-0.2, 0) is 16.1 Å². The van der Waals surface area contributed by atoms with E-state index in [4.69, 9.17) is 4.74 Å². The Bertz CT molecular complexity index is 550. The molecule has 1 aliphatic heterocycles. The highest BCUT2D eigenvalue weighted by Gasteiger charge is 2.19. The monoisotopic (exact) mass is 346 g/mol. The quantitative estimate of drug-likeness (QED) is 0.831. The van der Waals surface area contributed by atoms with Crippen LogP contribution in [0.25, 0.3) is 0 Å². The zero-order valence-electron chi connectivity index (χ0n) is 15.0. The maximum atomic E-state index is 12.3. The third-order valence-corrected chi connectivity index (χ3v) is 5.24. The summed E-state index contributed by atoms with van der Waals surface area (Å²) in [5, 5.41) is 12.6. The van der Waals surface area contributed by atoms with E-state index in [1.54, 1.807) is 0 Å². The predicted octanol–water partition coefficient (Wildman–Crippen LogP) is 2.93. The number of anilines is 1. The van der Waals surface area contributed by atoms with Crippen LogP contribution in [0.4, 0.5) is 5.69 Å². The third kappa shape index (κ3) is 5.80. The molecule has 5 nitrogen and oxygen atoms in total. The molecule has 0 aromatic heterocycles. The predicted molar refractivity (Wildman–Crippen MR) is 98.4 cm³/mol. The summed E-state index contributed by atoms with van der Waals surface area (Å²) in [4.78, 5) is 14.6. The first-order valence-electron chi connectivity index (χ1n) is 9.60. The number of nitrogens with zero attached hydrogens (tertiary/aromatic N) is 1. The van der Waals surface area contributed by atoms with Crippen LogP contribution in [0, 0.1) is 0 Å². The Morgan fingerprint density at radius 1 is 1.12 bits per heavy atom. The molecule has 0 bridgehead atoms. The normalized spacial score (nSPS) is 20.5. The molecule has 2 aliphatic rings. The molecule has 1 saturated heterocycles. The van der Waals surface area contributed by atoms with Gasteiger partial charge in [-0.15, -0.1) is 0 Å². The zero-order valence-corrected chi connectivity index (χ0v) is 15.0. The van der Waals surface area contributed by atoms with Crippen molar-refractivity contribution in [2.45, 2.75) is 63.7 Å². The van der Waals surface area contributed by atoms with Gasteiger partial charge in [0.05, 0.1) is 12.2 Å². The molecule has 138 valence electrons. The fourth-order valence-electron chi connectivity index (χ4n) is 3.71. The first-order valence-corrected chi connectivity index (χ1v) is 9.60. The fourth-order valence-corrected chi connectivity index (χ4v) is 3.71. The molecule has 5 heteroatoms. The second-order valence-electron chi connectivity index (χ2n) is 7.28. The molecule has 0 unspecified atom stereocenters. The van der Waals surface area contributed by atoms with Gasteiger partial charge in [-0.05, 0) is 37.3 Å². The van der Waals surface area contributed by atoms with Crippen LogP contribution in [0.15, 0.2) is 24.3 Å². The van der Waals surface area contributed by atoms with Crippen molar-refractivity contribution < 1.29 is 14.6 Å². The molecular formula is C20H30N2O3. The number of nitrogens with one attached hydrogen (secondary N) is 1. The van der Waals surface area contributed by atoms with Gasteiger partial charge in [0.25, 0.3) is 0 Å². The molecule has 2 N–H and O–H groups in total. The summed E-state index contributed by atoms with van der Waals surface area (Å²) in [6.45, 7) is 2.73. The minimum Gasteiger partial charge on any atom is -0.393 e. The van der Waals surface area contributed by atoms with Crippen LogP contribution in [0.1, 0.15) is 50.5 Å². The molecule has 0 atom stereocenters. The summed E-state index contributed by atoms with van der Waals surface area (Å²) in [7, 11) is 0. The molecule has 1 saturated carbocycles. The van der Waals surface area contributed by atoms with Crippen molar-refractivity contribution in [2.24, 2.45) is 0 Å². The van der Waals surface area contributed by atoms with E-state index >= 15 is 0 Å². The molecule has 1 amide bonds. The SMILES string of the molecule is O=C(COC1CCCCC1)Nc1ccccc1CN1CCC(O)CC1. The molecule has 25 heavy (non-hydrogen) atoms. The molecule has 3 rings (SSSR count). The van der Waals surface area contributed by atoms with Gasteiger partial charge in [-0.25, -0.2) is 0 Å². The van der Waals surface area contributed by atoms with Gasteiger partial charge in [0, 0.05) is 25.3 Å². The van der Waals surface area contributed by atoms with Crippen LogP contribution in [0.5, 0.6) is 0 Å². The number of aliphatic hydroxyl groups excluding tert-OH is 1. The van der Waals surface area contributed by atoms with Gasteiger partial charge in [0.15, 0.2) is 0 Å². The third-order valence-electron chi connectivity index (χ3n) is 5.24. The first-order chi connectivity index (χ1) is 12.2. The Balaban J connectivity index is 1.50. The van der Waals surface area contributed by atoms with E-state index < -0.39 is 0 Å². The lowest BCUT2D eigenvalue weighted by atomic mass is 9.98. The topological polar surface area (TPSA) is 61.8 Å². The highest BCUT2D eigenvalue weighted by molar-refractivity contribution is 5.92. The lowest BCUT2D eigenvalue weighted by molar-refractivity contribution is -0.123. The van der Waals surface area contributed by atoms with Gasteiger partial charge >= 0.3 is 0 Å². The molecule has 1 aromatic rings. The number of aliphatic hydroxyl groups is 1. The van der Waals surface area contributed by atoms with Gasteiger partial charge in [0.1, 0.15) is 6.61 Å². The van der Waals surface area contributed by atoms with Crippen LogP contribution >= 0.6 is 0 Å². The number of benzene rings is 1. The molecule has 1 aromatic carbocycles. The number of hydrogen-bond acceptors (Lipinski definition) is 4. The molecule has 1 heterocycles. The number of carbonyl (C=O) groups excluding carboxylic acids is 1. The zero-order chi connectivity index (χ0) is 17.5. The average Bonchev–Trinajstić information content (AvgIpc) is 2.64. The first kappa shape index (κ1) is 18.4. The van der Waals surface area contributed by atoms with Gasteiger partial charge in [-0.2, -0.15) is 0 Å². The standard InChI is InChI=1S/C20H30N2O3/c23-17-10-12-22(13-11-17)14-16-6-4-5-9-19(16)21-20(24)15-25-18-7-2-1-3-8-18/h4-6,9,17-18,23H,1-3,7-8,10-15H2,(H,21,24). The lowest BCUT2D eigenvalue weighted by Crippen LogP contribution is -2.35. The summed E-state index contributed by atoms with van der Waals surface area (Å²) >= 11 is 0. The van der Waals surface area contributed by atoms with E-state index in [2.05, 4.69) is 16.3 Å². The van der Waals surface area contributed by atoms with Gasteiger partial charge in [-0.1, -0.05) is 37.5 Å². The van der Waals surface area contributed by atoms with E-state index in [-0.39, 0.29) is 24.7 Å². The van der Waals surface area contributed by atoms with E-state index in [1.807, 2.05) is 18.2 Å². The molecule has 2 fully saturated rings. The number of hydrogen-bond donors (Lipinski definition) is 2. The summed E-state index contributed by atoms with van der Waals surface area (Å²) in [6, 6.07) is 7.96. The summed E-state index contributed by atoms with van der Waals surface area (Å²) in [5.74, 6) is -0.0768. The van der Waals surface area contributed by atoms with Crippen molar-refractivity contribution in [3.05, 3.63) is 29.8 Å².